The van der Waals surface area contributed by atoms with Crippen molar-refractivity contribution in [3.63, 3.8) is 0 Å². The molecular formula is C15H21BrN2O2. The molecule has 1 fully saturated rings. The van der Waals surface area contributed by atoms with E-state index in [1.54, 1.807) is 6.92 Å². The van der Waals surface area contributed by atoms with Gasteiger partial charge < -0.3 is 5.11 Å². The standard InChI is InChI=1S/C15H21BrN2O2/c1-11(13-3-5-14(16)6-4-13)17-7-9-18(10-8-17)12(2)15(19)20/h3-6,11-12H,7-10H2,1-2H3,(H,19,20)/t11-,12-/m1/s1. The average Bonchev–Trinajstić information content (AvgIpc) is 2.46. The van der Waals surface area contributed by atoms with E-state index in [0.717, 1.165) is 30.7 Å². The molecule has 2 rings (SSSR count). The predicted molar refractivity (Wildman–Crippen MR) is 82.8 cm³/mol. The maximum atomic E-state index is 11.0. The Hall–Kier alpha value is -0.910. The summed E-state index contributed by atoms with van der Waals surface area (Å²) in [6.45, 7) is 7.42. The quantitative estimate of drug-likeness (QED) is 0.914. The van der Waals surface area contributed by atoms with Gasteiger partial charge in [-0.3, -0.25) is 14.6 Å². The second-order valence-corrected chi connectivity index (χ2v) is 6.23. The van der Waals surface area contributed by atoms with Crippen molar-refractivity contribution in [2.75, 3.05) is 26.2 Å². The molecule has 1 aromatic rings. The molecule has 5 heteroatoms. The minimum Gasteiger partial charge on any atom is -0.480 e. The van der Waals surface area contributed by atoms with Gasteiger partial charge in [0.1, 0.15) is 6.04 Å². The smallest absolute Gasteiger partial charge is 0.320 e. The van der Waals surface area contributed by atoms with Gasteiger partial charge in [-0.15, -0.1) is 0 Å². The van der Waals surface area contributed by atoms with E-state index in [2.05, 4.69) is 52.0 Å². The first-order valence-corrected chi connectivity index (χ1v) is 7.74. The van der Waals surface area contributed by atoms with Gasteiger partial charge in [0.2, 0.25) is 0 Å². The number of hydrogen-bond donors (Lipinski definition) is 1. The van der Waals surface area contributed by atoms with Gasteiger partial charge in [-0.05, 0) is 31.5 Å². The van der Waals surface area contributed by atoms with Crippen molar-refractivity contribution < 1.29 is 9.90 Å². The average molecular weight is 341 g/mol. The first kappa shape index (κ1) is 15.5. The van der Waals surface area contributed by atoms with Crippen LogP contribution in [0.5, 0.6) is 0 Å². The molecule has 0 unspecified atom stereocenters. The molecule has 0 aliphatic carbocycles. The second-order valence-electron chi connectivity index (χ2n) is 5.31. The Labute approximate surface area is 128 Å². The minimum absolute atomic E-state index is 0.366. The minimum atomic E-state index is -0.737. The van der Waals surface area contributed by atoms with Crippen molar-refractivity contribution in [2.45, 2.75) is 25.9 Å². The van der Waals surface area contributed by atoms with Crippen molar-refractivity contribution in [3.8, 4) is 0 Å². The highest BCUT2D eigenvalue weighted by atomic mass is 79.9. The lowest BCUT2D eigenvalue weighted by atomic mass is 10.1. The van der Waals surface area contributed by atoms with Gasteiger partial charge in [-0.1, -0.05) is 28.1 Å². The summed E-state index contributed by atoms with van der Waals surface area (Å²) in [5.41, 5.74) is 1.30. The summed E-state index contributed by atoms with van der Waals surface area (Å²) in [7, 11) is 0. The highest BCUT2D eigenvalue weighted by Gasteiger charge is 2.27. The number of carboxylic acid groups (broad SMARTS) is 1. The molecule has 0 bridgehead atoms. The zero-order valence-corrected chi connectivity index (χ0v) is 13.5. The first-order chi connectivity index (χ1) is 9.49. The lowest BCUT2D eigenvalue weighted by molar-refractivity contribution is -0.143. The van der Waals surface area contributed by atoms with Crippen LogP contribution in [0.1, 0.15) is 25.5 Å². The molecule has 1 aliphatic rings. The molecule has 110 valence electrons. The fraction of sp³-hybridized carbons (Fsp3) is 0.533. The van der Waals surface area contributed by atoms with Crippen LogP contribution in [0, 0.1) is 0 Å². The van der Waals surface area contributed by atoms with Gasteiger partial charge >= 0.3 is 5.97 Å². The summed E-state index contributed by atoms with van der Waals surface area (Å²) in [6.07, 6.45) is 0. The lowest BCUT2D eigenvalue weighted by Gasteiger charge is -2.39. The maximum Gasteiger partial charge on any atom is 0.320 e. The zero-order chi connectivity index (χ0) is 14.7. The first-order valence-electron chi connectivity index (χ1n) is 6.95. The Bertz CT molecular complexity index is 455. The van der Waals surface area contributed by atoms with Crippen LogP contribution in [-0.2, 0) is 4.79 Å². The largest absolute Gasteiger partial charge is 0.480 e. The fourth-order valence-electron chi connectivity index (χ4n) is 2.62. The van der Waals surface area contributed by atoms with E-state index in [-0.39, 0.29) is 6.04 Å². The molecule has 4 nitrogen and oxygen atoms in total. The summed E-state index contributed by atoms with van der Waals surface area (Å²) < 4.78 is 1.09. The number of nitrogens with zero attached hydrogens (tertiary/aromatic N) is 2. The molecule has 0 saturated carbocycles. The number of halogens is 1. The molecule has 1 N–H and O–H groups in total. The summed E-state index contributed by atoms with van der Waals surface area (Å²) in [4.78, 5) is 15.5. The van der Waals surface area contributed by atoms with E-state index in [9.17, 15) is 4.79 Å². The fourth-order valence-corrected chi connectivity index (χ4v) is 2.88. The molecule has 0 spiro atoms. The van der Waals surface area contributed by atoms with Crippen molar-refractivity contribution >= 4 is 21.9 Å². The van der Waals surface area contributed by atoms with Crippen molar-refractivity contribution in [2.24, 2.45) is 0 Å². The van der Waals surface area contributed by atoms with Crippen LogP contribution in [0.4, 0.5) is 0 Å². The van der Waals surface area contributed by atoms with Crippen molar-refractivity contribution in [1.82, 2.24) is 9.80 Å². The number of benzene rings is 1. The van der Waals surface area contributed by atoms with Crippen LogP contribution in [0.2, 0.25) is 0 Å². The Kier molecular flexibility index (Phi) is 5.18. The van der Waals surface area contributed by atoms with Crippen LogP contribution in [-0.4, -0.2) is 53.1 Å². The van der Waals surface area contributed by atoms with E-state index in [1.165, 1.54) is 5.56 Å². The number of carboxylic acids is 1. The third kappa shape index (κ3) is 3.59. The van der Waals surface area contributed by atoms with Gasteiger partial charge in [-0.25, -0.2) is 0 Å². The topological polar surface area (TPSA) is 43.8 Å². The molecule has 0 amide bonds. The Morgan fingerprint density at radius 2 is 1.60 bits per heavy atom. The maximum absolute atomic E-state index is 11.0. The van der Waals surface area contributed by atoms with Crippen molar-refractivity contribution in [3.05, 3.63) is 34.3 Å². The molecule has 2 atom stereocenters. The Morgan fingerprint density at radius 1 is 1.10 bits per heavy atom. The molecule has 0 radical (unpaired) electrons. The Morgan fingerprint density at radius 3 is 2.10 bits per heavy atom. The van der Waals surface area contributed by atoms with Crippen molar-refractivity contribution in [1.29, 1.82) is 0 Å². The molecule has 1 aliphatic heterocycles. The number of carbonyl (C=O) groups is 1. The Balaban J connectivity index is 1.93. The number of rotatable bonds is 4. The molecule has 1 aromatic carbocycles. The third-order valence-electron chi connectivity index (χ3n) is 4.15. The van der Waals surface area contributed by atoms with Crippen LogP contribution >= 0.6 is 15.9 Å². The van der Waals surface area contributed by atoms with Gasteiger partial charge in [0, 0.05) is 36.7 Å². The molecular weight excluding hydrogens is 320 g/mol. The second kappa shape index (κ2) is 6.70. The number of piperazine rings is 1. The van der Waals surface area contributed by atoms with Gasteiger partial charge in [0.25, 0.3) is 0 Å². The van der Waals surface area contributed by atoms with E-state index < -0.39 is 5.97 Å². The molecule has 1 saturated heterocycles. The van der Waals surface area contributed by atoms with Gasteiger partial charge in [0.05, 0.1) is 0 Å². The number of hydrogen-bond acceptors (Lipinski definition) is 3. The van der Waals surface area contributed by atoms with Crippen LogP contribution in [0.25, 0.3) is 0 Å². The number of aliphatic carboxylic acids is 1. The SMILES string of the molecule is C[C@H](C(=O)O)N1CCN([C@H](C)c2ccc(Br)cc2)CC1. The monoisotopic (exact) mass is 340 g/mol. The third-order valence-corrected chi connectivity index (χ3v) is 4.68. The lowest BCUT2D eigenvalue weighted by Crippen LogP contribution is -2.52. The van der Waals surface area contributed by atoms with E-state index in [1.807, 2.05) is 4.90 Å². The van der Waals surface area contributed by atoms with Gasteiger partial charge in [0.15, 0.2) is 0 Å². The highest BCUT2D eigenvalue weighted by Crippen LogP contribution is 2.23. The van der Waals surface area contributed by atoms with E-state index in [0.29, 0.717) is 6.04 Å². The molecule has 0 aromatic heterocycles. The van der Waals surface area contributed by atoms with Gasteiger partial charge in [-0.2, -0.15) is 0 Å². The van der Waals surface area contributed by atoms with Crippen LogP contribution < -0.4 is 0 Å². The highest BCUT2D eigenvalue weighted by molar-refractivity contribution is 9.10. The van der Waals surface area contributed by atoms with E-state index >= 15 is 0 Å². The van der Waals surface area contributed by atoms with Crippen LogP contribution in [0.3, 0.4) is 0 Å². The summed E-state index contributed by atoms with van der Waals surface area (Å²) in [5.74, 6) is -0.737. The van der Waals surface area contributed by atoms with E-state index in [4.69, 9.17) is 5.11 Å². The molecule has 20 heavy (non-hydrogen) atoms. The summed E-state index contributed by atoms with van der Waals surface area (Å²) in [6, 6.07) is 8.39. The van der Waals surface area contributed by atoms with Crippen LogP contribution in [0.15, 0.2) is 28.7 Å². The summed E-state index contributed by atoms with van der Waals surface area (Å²) >= 11 is 3.45. The zero-order valence-electron chi connectivity index (χ0n) is 11.9. The summed E-state index contributed by atoms with van der Waals surface area (Å²) in [5, 5.41) is 9.05. The normalized spacial score (nSPS) is 20.6. The predicted octanol–water partition coefficient (Wildman–Crippen LogP) is 2.60. The molecule has 1 heterocycles.